The van der Waals surface area contributed by atoms with E-state index in [-0.39, 0.29) is 17.8 Å². The smallest absolute Gasteiger partial charge is 0.317 e. The summed E-state index contributed by atoms with van der Waals surface area (Å²) in [4.78, 5) is 39.4. The molecule has 4 N–H and O–H groups in total. The molecule has 3 amide bonds. The number of benzene rings is 1. The van der Waals surface area contributed by atoms with Crippen LogP contribution in [-0.4, -0.2) is 84.1 Å². The summed E-state index contributed by atoms with van der Waals surface area (Å²) in [6, 6.07) is 8.85. The zero-order valence-corrected chi connectivity index (χ0v) is 22.4. The topological polar surface area (TPSA) is 120 Å². The first-order chi connectivity index (χ1) is 17.7. The number of nitrogens with two attached hydrogens (primary N) is 1. The largest absolute Gasteiger partial charge is 0.364 e. The van der Waals surface area contributed by atoms with E-state index >= 15 is 0 Å². The van der Waals surface area contributed by atoms with Crippen LogP contribution >= 0.6 is 0 Å². The lowest BCUT2D eigenvalue weighted by Crippen LogP contribution is -2.50. The molecule has 0 spiro atoms. The molecule has 200 valence electrons. The van der Waals surface area contributed by atoms with Gasteiger partial charge in [-0.2, -0.15) is 0 Å². The van der Waals surface area contributed by atoms with Crippen LogP contribution in [0.3, 0.4) is 0 Å². The van der Waals surface area contributed by atoms with Crippen molar-refractivity contribution >= 4 is 29.3 Å². The molecule has 0 bridgehead atoms. The Morgan fingerprint density at radius 3 is 2.41 bits per heavy atom. The summed E-state index contributed by atoms with van der Waals surface area (Å²) in [5.41, 5.74) is 7.87. The number of nitrogens with zero attached hydrogens (tertiary/aromatic N) is 5. The minimum Gasteiger partial charge on any atom is -0.364 e. The molecule has 1 aromatic heterocycles. The molecule has 2 fully saturated rings. The first-order valence-corrected chi connectivity index (χ1v) is 13.2. The molecule has 1 unspecified atom stereocenters. The summed E-state index contributed by atoms with van der Waals surface area (Å²) < 4.78 is 0. The fourth-order valence-corrected chi connectivity index (χ4v) is 5.13. The SMILES string of the molecule is CC(C)N1CCC(c2ccc(Nc3nc(N4CCCC(NC(=O)N(C)C)C4)cnc3C(N)=O)cc2)CC1. The second kappa shape index (κ2) is 11.8. The normalized spacial score (nSPS) is 19.1. The number of hydrogen-bond acceptors (Lipinski definition) is 7. The highest BCUT2D eigenvalue weighted by atomic mass is 16.2. The van der Waals surface area contributed by atoms with Gasteiger partial charge in [0, 0.05) is 45.0 Å². The zero-order chi connectivity index (χ0) is 26.5. The summed E-state index contributed by atoms with van der Waals surface area (Å²) in [5, 5.41) is 6.30. The Morgan fingerprint density at radius 2 is 1.78 bits per heavy atom. The van der Waals surface area contributed by atoms with E-state index in [4.69, 9.17) is 10.7 Å². The third kappa shape index (κ3) is 6.68. The summed E-state index contributed by atoms with van der Waals surface area (Å²) in [6.45, 7) is 8.18. The van der Waals surface area contributed by atoms with E-state index in [9.17, 15) is 9.59 Å². The summed E-state index contributed by atoms with van der Waals surface area (Å²) in [7, 11) is 3.45. The number of carbonyl (C=O) groups is 2. The molecule has 1 atom stereocenters. The third-order valence-corrected chi connectivity index (χ3v) is 7.38. The van der Waals surface area contributed by atoms with E-state index in [1.807, 2.05) is 12.1 Å². The lowest BCUT2D eigenvalue weighted by Gasteiger charge is -2.34. The van der Waals surface area contributed by atoms with Crippen molar-refractivity contribution in [2.24, 2.45) is 5.73 Å². The number of nitrogens with one attached hydrogen (secondary N) is 2. The van der Waals surface area contributed by atoms with Crippen molar-refractivity contribution < 1.29 is 9.59 Å². The predicted octanol–water partition coefficient (Wildman–Crippen LogP) is 3.15. The maximum Gasteiger partial charge on any atom is 0.317 e. The fraction of sp³-hybridized carbons (Fsp3) is 0.556. The van der Waals surface area contributed by atoms with Crippen molar-refractivity contribution in [3.05, 3.63) is 41.7 Å². The lowest BCUT2D eigenvalue weighted by molar-refractivity contribution is 0.0996. The highest BCUT2D eigenvalue weighted by Crippen LogP contribution is 2.30. The molecule has 0 aliphatic carbocycles. The van der Waals surface area contributed by atoms with E-state index in [2.05, 4.69) is 51.4 Å². The van der Waals surface area contributed by atoms with Gasteiger partial charge >= 0.3 is 6.03 Å². The second-order valence-corrected chi connectivity index (χ2v) is 10.6. The Morgan fingerprint density at radius 1 is 1.08 bits per heavy atom. The number of rotatable bonds is 7. The van der Waals surface area contributed by atoms with Crippen molar-refractivity contribution in [1.29, 1.82) is 0 Å². The molecule has 0 saturated carbocycles. The number of likely N-dealkylation sites (tertiary alicyclic amines) is 1. The number of primary amides is 1. The van der Waals surface area contributed by atoms with Gasteiger partial charge in [-0.25, -0.2) is 14.8 Å². The van der Waals surface area contributed by atoms with Crippen molar-refractivity contribution in [2.75, 3.05) is 50.5 Å². The van der Waals surface area contributed by atoms with Crippen molar-refractivity contribution in [2.45, 2.75) is 57.5 Å². The van der Waals surface area contributed by atoms with Crippen LogP contribution in [0.2, 0.25) is 0 Å². The lowest BCUT2D eigenvalue weighted by atomic mass is 9.89. The minimum atomic E-state index is -0.634. The van der Waals surface area contributed by atoms with Gasteiger partial charge in [0.1, 0.15) is 5.82 Å². The number of piperidine rings is 2. The van der Waals surface area contributed by atoms with Gasteiger partial charge < -0.3 is 31.1 Å². The molecular weight excluding hydrogens is 468 g/mol. The van der Waals surface area contributed by atoms with Crippen LogP contribution in [0.25, 0.3) is 0 Å². The number of aromatic nitrogens is 2. The number of urea groups is 1. The standard InChI is InChI=1S/C27H40N8O2/c1-18(2)34-14-11-20(12-15-34)19-7-9-21(10-8-19)30-26-24(25(28)36)29-16-23(32-26)35-13-5-6-22(17-35)31-27(37)33(3)4/h7-10,16,18,20,22H,5-6,11-15,17H2,1-4H3,(H2,28,36)(H,30,32)(H,31,37). The van der Waals surface area contributed by atoms with E-state index in [0.717, 1.165) is 51.0 Å². The number of amides is 3. The first-order valence-electron chi connectivity index (χ1n) is 13.2. The van der Waals surface area contributed by atoms with Crippen LogP contribution in [-0.2, 0) is 0 Å². The first kappa shape index (κ1) is 26.7. The van der Waals surface area contributed by atoms with Crippen LogP contribution in [0, 0.1) is 0 Å². The van der Waals surface area contributed by atoms with Crippen LogP contribution in [0.15, 0.2) is 30.5 Å². The van der Waals surface area contributed by atoms with E-state index < -0.39 is 5.91 Å². The monoisotopic (exact) mass is 508 g/mol. The average molecular weight is 509 g/mol. The molecule has 2 aromatic rings. The molecule has 2 aliphatic rings. The molecule has 10 heteroatoms. The van der Waals surface area contributed by atoms with Gasteiger partial charge in [0.15, 0.2) is 11.5 Å². The van der Waals surface area contributed by atoms with Crippen LogP contribution in [0.1, 0.15) is 61.5 Å². The van der Waals surface area contributed by atoms with Gasteiger partial charge in [-0.15, -0.1) is 0 Å². The van der Waals surface area contributed by atoms with Crippen LogP contribution in [0.4, 0.5) is 22.1 Å². The Kier molecular flexibility index (Phi) is 8.48. The zero-order valence-electron chi connectivity index (χ0n) is 22.4. The predicted molar refractivity (Wildman–Crippen MR) is 146 cm³/mol. The number of anilines is 3. The van der Waals surface area contributed by atoms with Gasteiger partial charge in [0.05, 0.1) is 6.20 Å². The van der Waals surface area contributed by atoms with E-state index in [0.29, 0.717) is 30.1 Å². The van der Waals surface area contributed by atoms with Crippen LogP contribution in [0.5, 0.6) is 0 Å². The van der Waals surface area contributed by atoms with Gasteiger partial charge in [0.2, 0.25) is 0 Å². The van der Waals surface area contributed by atoms with E-state index in [1.165, 1.54) is 10.5 Å². The summed E-state index contributed by atoms with van der Waals surface area (Å²) in [6.07, 6.45) is 5.72. The maximum atomic E-state index is 12.1. The summed E-state index contributed by atoms with van der Waals surface area (Å²) in [5.74, 6) is 0.908. The molecule has 37 heavy (non-hydrogen) atoms. The fourth-order valence-electron chi connectivity index (χ4n) is 5.13. The molecule has 0 radical (unpaired) electrons. The quantitative estimate of drug-likeness (QED) is 0.526. The highest BCUT2D eigenvalue weighted by Gasteiger charge is 2.25. The Balaban J connectivity index is 1.46. The Hall–Kier alpha value is -3.40. The highest BCUT2D eigenvalue weighted by molar-refractivity contribution is 5.96. The van der Waals surface area contributed by atoms with Gasteiger partial charge in [-0.05, 0) is 76.2 Å². The Labute approximate surface area is 219 Å². The van der Waals surface area contributed by atoms with Gasteiger partial charge in [-0.3, -0.25) is 4.79 Å². The molecule has 3 heterocycles. The minimum absolute atomic E-state index is 0.0117. The van der Waals surface area contributed by atoms with E-state index in [1.54, 1.807) is 20.3 Å². The van der Waals surface area contributed by atoms with Crippen molar-refractivity contribution in [3.63, 3.8) is 0 Å². The molecule has 10 nitrogen and oxygen atoms in total. The molecule has 4 rings (SSSR count). The third-order valence-electron chi connectivity index (χ3n) is 7.38. The summed E-state index contributed by atoms with van der Waals surface area (Å²) >= 11 is 0. The van der Waals surface area contributed by atoms with Crippen molar-refractivity contribution in [1.82, 2.24) is 25.1 Å². The second-order valence-electron chi connectivity index (χ2n) is 10.6. The number of carbonyl (C=O) groups excluding carboxylic acids is 2. The molecule has 2 saturated heterocycles. The molecular formula is C27H40N8O2. The molecule has 1 aromatic carbocycles. The average Bonchev–Trinajstić information content (AvgIpc) is 2.89. The van der Waals surface area contributed by atoms with Gasteiger partial charge in [-0.1, -0.05) is 12.1 Å². The number of hydrogen-bond donors (Lipinski definition) is 3. The molecule has 2 aliphatic heterocycles. The van der Waals surface area contributed by atoms with Crippen molar-refractivity contribution in [3.8, 4) is 0 Å². The maximum absolute atomic E-state index is 12.1. The van der Waals surface area contributed by atoms with Gasteiger partial charge in [0.25, 0.3) is 5.91 Å². The Bertz CT molecular complexity index is 1080. The van der Waals surface area contributed by atoms with Crippen LogP contribution < -0.4 is 21.3 Å².